The molecule has 0 amide bonds. The first-order valence-electron chi connectivity index (χ1n) is 5.70. The monoisotopic (exact) mass is 245 g/mol. The Morgan fingerprint density at radius 2 is 2.33 bits per heavy atom. The normalized spacial score (nSPS) is 10.3. The van der Waals surface area contributed by atoms with E-state index in [1.807, 2.05) is 23.9 Å². The van der Waals surface area contributed by atoms with Crippen molar-refractivity contribution in [2.75, 3.05) is 11.9 Å². The number of carboxylic acid groups (broad SMARTS) is 1. The summed E-state index contributed by atoms with van der Waals surface area (Å²) in [7, 11) is 1.92. The second kappa shape index (κ2) is 5.35. The molecule has 94 valence electrons. The quantitative estimate of drug-likeness (QED) is 0.842. The highest BCUT2D eigenvalue weighted by Crippen LogP contribution is 2.07. The molecule has 0 spiro atoms. The number of hydrogen-bond acceptors (Lipinski definition) is 3. The molecule has 18 heavy (non-hydrogen) atoms. The summed E-state index contributed by atoms with van der Waals surface area (Å²) in [5.74, 6) is -0.0849. The van der Waals surface area contributed by atoms with Gasteiger partial charge >= 0.3 is 5.97 Å². The molecule has 0 saturated heterocycles. The van der Waals surface area contributed by atoms with Gasteiger partial charge in [-0.3, -0.25) is 0 Å². The van der Waals surface area contributed by atoms with Crippen LogP contribution in [0.25, 0.3) is 0 Å². The number of carbonyl (C=O) groups is 1. The Bertz CT molecular complexity index is 549. The molecule has 0 saturated carbocycles. The predicted molar refractivity (Wildman–Crippen MR) is 68.8 cm³/mol. The predicted octanol–water partition coefficient (Wildman–Crippen LogP) is 1.77. The summed E-state index contributed by atoms with van der Waals surface area (Å²) >= 11 is 0. The van der Waals surface area contributed by atoms with Crippen LogP contribution in [0.5, 0.6) is 0 Å². The van der Waals surface area contributed by atoms with Gasteiger partial charge < -0.3 is 15.0 Å². The van der Waals surface area contributed by atoms with Gasteiger partial charge in [-0.1, -0.05) is 12.1 Å². The number of aromatic carboxylic acids is 1. The SMILES string of the molecule is Cn1ccnc1NCCc1cccc(C(=O)O)c1. The number of nitrogens with zero attached hydrogens (tertiary/aromatic N) is 2. The van der Waals surface area contributed by atoms with Gasteiger partial charge in [-0.25, -0.2) is 9.78 Å². The number of aromatic nitrogens is 2. The number of carboxylic acids is 1. The van der Waals surface area contributed by atoms with Gasteiger partial charge in [0.2, 0.25) is 5.95 Å². The zero-order valence-corrected chi connectivity index (χ0v) is 10.1. The van der Waals surface area contributed by atoms with Gasteiger partial charge in [-0.2, -0.15) is 0 Å². The molecule has 2 N–H and O–H groups in total. The maximum atomic E-state index is 10.8. The fraction of sp³-hybridized carbons (Fsp3) is 0.231. The lowest BCUT2D eigenvalue weighted by Gasteiger charge is -2.06. The molecule has 2 aromatic rings. The Morgan fingerprint density at radius 1 is 1.50 bits per heavy atom. The molecule has 1 aromatic heterocycles. The van der Waals surface area contributed by atoms with E-state index in [1.165, 1.54) is 0 Å². The topological polar surface area (TPSA) is 67.2 Å². The molecule has 0 aliphatic carbocycles. The highest BCUT2D eigenvalue weighted by atomic mass is 16.4. The van der Waals surface area contributed by atoms with Crippen molar-refractivity contribution in [3.05, 3.63) is 47.8 Å². The van der Waals surface area contributed by atoms with Crippen LogP contribution in [0.4, 0.5) is 5.95 Å². The minimum atomic E-state index is -0.895. The molecular weight excluding hydrogens is 230 g/mol. The number of imidazole rings is 1. The van der Waals surface area contributed by atoms with Gasteiger partial charge in [0.15, 0.2) is 0 Å². The van der Waals surface area contributed by atoms with Crippen LogP contribution < -0.4 is 5.32 Å². The van der Waals surface area contributed by atoms with Crippen molar-refractivity contribution in [2.45, 2.75) is 6.42 Å². The third-order valence-electron chi connectivity index (χ3n) is 2.69. The number of anilines is 1. The summed E-state index contributed by atoms with van der Waals surface area (Å²) in [4.78, 5) is 15.0. The van der Waals surface area contributed by atoms with Gasteiger partial charge in [0.25, 0.3) is 0 Å². The maximum absolute atomic E-state index is 10.8. The average molecular weight is 245 g/mol. The molecule has 1 heterocycles. The molecule has 5 heteroatoms. The van der Waals surface area contributed by atoms with Crippen LogP contribution >= 0.6 is 0 Å². The molecule has 5 nitrogen and oxygen atoms in total. The van der Waals surface area contributed by atoms with E-state index in [9.17, 15) is 4.79 Å². The van der Waals surface area contributed by atoms with Gasteiger partial charge in [-0.15, -0.1) is 0 Å². The van der Waals surface area contributed by atoms with E-state index in [4.69, 9.17) is 5.11 Å². The summed E-state index contributed by atoms with van der Waals surface area (Å²) in [6.45, 7) is 0.716. The molecular formula is C13H15N3O2. The lowest BCUT2D eigenvalue weighted by molar-refractivity contribution is 0.0697. The molecule has 0 atom stereocenters. The number of benzene rings is 1. The fourth-order valence-electron chi connectivity index (χ4n) is 1.71. The first kappa shape index (κ1) is 12.2. The lowest BCUT2D eigenvalue weighted by atomic mass is 10.1. The molecule has 0 bridgehead atoms. The van der Waals surface area contributed by atoms with E-state index in [1.54, 1.807) is 24.4 Å². The summed E-state index contributed by atoms with van der Waals surface area (Å²) in [5.41, 5.74) is 1.32. The largest absolute Gasteiger partial charge is 0.478 e. The van der Waals surface area contributed by atoms with Crippen LogP contribution in [0.2, 0.25) is 0 Å². The van der Waals surface area contributed by atoms with Crippen LogP contribution in [0.3, 0.4) is 0 Å². The standard InChI is InChI=1S/C13H15N3O2/c1-16-8-7-15-13(16)14-6-5-10-3-2-4-11(9-10)12(17)18/h2-4,7-9H,5-6H2,1H3,(H,14,15)(H,17,18). The highest BCUT2D eigenvalue weighted by Gasteiger charge is 2.03. The minimum absolute atomic E-state index is 0.324. The van der Waals surface area contributed by atoms with Gasteiger partial charge in [0.05, 0.1) is 5.56 Å². The second-order valence-corrected chi connectivity index (χ2v) is 4.04. The number of nitrogens with one attached hydrogen (secondary N) is 1. The zero-order valence-electron chi connectivity index (χ0n) is 10.1. The van der Waals surface area contributed by atoms with E-state index in [-0.39, 0.29) is 0 Å². The third kappa shape index (κ3) is 2.88. The van der Waals surface area contributed by atoms with Crippen LogP contribution in [-0.2, 0) is 13.5 Å². The summed E-state index contributed by atoms with van der Waals surface area (Å²) in [6, 6.07) is 6.98. The Hall–Kier alpha value is -2.30. The smallest absolute Gasteiger partial charge is 0.335 e. The van der Waals surface area contributed by atoms with Gasteiger partial charge in [-0.05, 0) is 24.1 Å². The number of hydrogen-bond donors (Lipinski definition) is 2. The van der Waals surface area contributed by atoms with Crippen molar-refractivity contribution in [1.29, 1.82) is 0 Å². The van der Waals surface area contributed by atoms with E-state index >= 15 is 0 Å². The van der Waals surface area contributed by atoms with Crippen molar-refractivity contribution in [3.8, 4) is 0 Å². The molecule has 0 aliphatic rings. The molecule has 0 radical (unpaired) electrons. The summed E-state index contributed by atoms with van der Waals surface area (Å²) in [5, 5.41) is 12.1. The second-order valence-electron chi connectivity index (χ2n) is 4.04. The van der Waals surface area contributed by atoms with E-state index in [0.29, 0.717) is 12.1 Å². The van der Waals surface area contributed by atoms with Crippen molar-refractivity contribution in [2.24, 2.45) is 7.05 Å². The van der Waals surface area contributed by atoms with Crippen molar-refractivity contribution >= 4 is 11.9 Å². The van der Waals surface area contributed by atoms with Crippen molar-refractivity contribution in [3.63, 3.8) is 0 Å². The fourth-order valence-corrected chi connectivity index (χ4v) is 1.71. The molecule has 2 rings (SSSR count). The van der Waals surface area contributed by atoms with Crippen LogP contribution in [-0.4, -0.2) is 27.2 Å². The highest BCUT2D eigenvalue weighted by molar-refractivity contribution is 5.87. The molecule has 0 fully saturated rings. The van der Waals surface area contributed by atoms with E-state index in [0.717, 1.165) is 17.9 Å². The third-order valence-corrected chi connectivity index (χ3v) is 2.69. The van der Waals surface area contributed by atoms with Crippen LogP contribution in [0.1, 0.15) is 15.9 Å². The Labute approximate surface area is 105 Å². The first-order chi connectivity index (χ1) is 8.66. The molecule has 0 unspecified atom stereocenters. The van der Waals surface area contributed by atoms with Crippen molar-refractivity contribution in [1.82, 2.24) is 9.55 Å². The van der Waals surface area contributed by atoms with Crippen LogP contribution in [0, 0.1) is 0 Å². The van der Waals surface area contributed by atoms with Crippen LogP contribution in [0.15, 0.2) is 36.7 Å². The molecule has 0 aliphatic heterocycles. The number of aryl methyl sites for hydroxylation is 1. The first-order valence-corrected chi connectivity index (χ1v) is 5.70. The van der Waals surface area contributed by atoms with Gasteiger partial charge in [0.1, 0.15) is 0 Å². The summed E-state index contributed by atoms with van der Waals surface area (Å²) < 4.78 is 1.90. The average Bonchev–Trinajstić information content (AvgIpc) is 2.76. The molecule has 1 aromatic carbocycles. The minimum Gasteiger partial charge on any atom is -0.478 e. The zero-order chi connectivity index (χ0) is 13.0. The Kier molecular flexibility index (Phi) is 3.62. The number of rotatable bonds is 5. The van der Waals surface area contributed by atoms with E-state index in [2.05, 4.69) is 10.3 Å². The van der Waals surface area contributed by atoms with Crippen molar-refractivity contribution < 1.29 is 9.90 Å². The maximum Gasteiger partial charge on any atom is 0.335 e. The van der Waals surface area contributed by atoms with E-state index < -0.39 is 5.97 Å². The Balaban J connectivity index is 1.92. The summed E-state index contributed by atoms with van der Waals surface area (Å²) in [6.07, 6.45) is 4.36. The Morgan fingerprint density at radius 3 is 3.00 bits per heavy atom. The van der Waals surface area contributed by atoms with Gasteiger partial charge in [0, 0.05) is 26.0 Å². The lowest BCUT2D eigenvalue weighted by Crippen LogP contribution is -2.09.